The van der Waals surface area contributed by atoms with Gasteiger partial charge in [-0.3, -0.25) is 9.59 Å². The summed E-state index contributed by atoms with van der Waals surface area (Å²) in [6, 6.07) is 12.3. The molecule has 0 aliphatic heterocycles. The first-order chi connectivity index (χ1) is 12.6. The zero-order valence-electron chi connectivity index (χ0n) is 15.2. The molecule has 1 unspecified atom stereocenters. The molecule has 1 N–H and O–H groups in total. The van der Waals surface area contributed by atoms with Gasteiger partial charge < -0.3 is 10.2 Å². The molecule has 26 heavy (non-hydrogen) atoms. The Balaban J connectivity index is 1.49. The van der Waals surface area contributed by atoms with E-state index < -0.39 is 0 Å². The van der Waals surface area contributed by atoms with E-state index in [4.69, 9.17) is 0 Å². The highest BCUT2D eigenvalue weighted by atomic mass is 32.1. The Bertz CT molecular complexity index is 711. The van der Waals surface area contributed by atoms with Crippen LogP contribution in [0.4, 0.5) is 0 Å². The average molecular weight is 371 g/mol. The molecule has 0 radical (unpaired) electrons. The zero-order chi connectivity index (χ0) is 18.4. The number of thiophene rings is 1. The highest BCUT2D eigenvalue weighted by Gasteiger charge is 2.34. The van der Waals surface area contributed by atoms with E-state index in [1.165, 1.54) is 29.7 Å². The number of carbonyl (C=O) groups is 2. The fraction of sp³-hybridized carbons (Fsp3) is 0.429. The summed E-state index contributed by atoms with van der Waals surface area (Å²) in [4.78, 5) is 26.8. The van der Waals surface area contributed by atoms with E-state index in [2.05, 4.69) is 24.4 Å². The van der Waals surface area contributed by atoms with E-state index in [9.17, 15) is 9.59 Å². The quantitative estimate of drug-likeness (QED) is 0.676. The van der Waals surface area contributed by atoms with Crippen LogP contribution in [0.1, 0.15) is 48.5 Å². The average Bonchev–Trinajstić information content (AvgIpc) is 3.37. The SMILES string of the molecule is CC(C1CC1)N(Cc1ccccc1)C(=O)CCCNC(=O)c1ccsc1. The molecule has 1 heterocycles. The normalized spacial score (nSPS) is 14.7. The number of hydrogen-bond donors (Lipinski definition) is 1. The summed E-state index contributed by atoms with van der Waals surface area (Å²) >= 11 is 1.51. The van der Waals surface area contributed by atoms with Gasteiger partial charge in [0, 0.05) is 36.5 Å². The number of amides is 2. The second-order valence-corrected chi connectivity index (χ2v) is 7.74. The maximum Gasteiger partial charge on any atom is 0.252 e. The topological polar surface area (TPSA) is 49.4 Å². The van der Waals surface area contributed by atoms with Gasteiger partial charge in [0.25, 0.3) is 5.91 Å². The van der Waals surface area contributed by atoms with Gasteiger partial charge in [0.2, 0.25) is 5.91 Å². The molecule has 1 aromatic carbocycles. The van der Waals surface area contributed by atoms with Crippen molar-refractivity contribution in [2.75, 3.05) is 6.54 Å². The number of rotatable bonds is 9. The van der Waals surface area contributed by atoms with E-state index in [0.29, 0.717) is 37.4 Å². The third kappa shape index (κ3) is 5.18. The molecule has 1 aliphatic rings. The minimum Gasteiger partial charge on any atom is -0.352 e. The predicted molar refractivity (Wildman–Crippen MR) is 105 cm³/mol. The predicted octanol–water partition coefficient (Wildman–Crippen LogP) is 4.09. The van der Waals surface area contributed by atoms with Crippen molar-refractivity contribution in [2.45, 2.75) is 45.2 Å². The van der Waals surface area contributed by atoms with Crippen molar-refractivity contribution in [2.24, 2.45) is 5.92 Å². The van der Waals surface area contributed by atoms with Crippen molar-refractivity contribution in [1.29, 1.82) is 0 Å². The Hall–Kier alpha value is -2.14. The van der Waals surface area contributed by atoms with Gasteiger partial charge in [-0.25, -0.2) is 0 Å². The van der Waals surface area contributed by atoms with Gasteiger partial charge >= 0.3 is 0 Å². The van der Waals surface area contributed by atoms with Crippen LogP contribution in [-0.2, 0) is 11.3 Å². The van der Waals surface area contributed by atoms with E-state index in [1.54, 1.807) is 0 Å². The second kappa shape index (κ2) is 8.99. The summed E-state index contributed by atoms with van der Waals surface area (Å²) in [5.41, 5.74) is 1.86. The number of nitrogens with one attached hydrogen (secondary N) is 1. The van der Waals surface area contributed by atoms with Gasteiger partial charge in [-0.15, -0.1) is 0 Å². The molecule has 3 rings (SSSR count). The van der Waals surface area contributed by atoms with Gasteiger partial charge in [0.15, 0.2) is 0 Å². The Kier molecular flexibility index (Phi) is 6.45. The highest BCUT2D eigenvalue weighted by molar-refractivity contribution is 7.08. The molecular formula is C21H26N2O2S. The number of carbonyl (C=O) groups excluding carboxylic acids is 2. The van der Waals surface area contributed by atoms with Crippen LogP contribution in [0.15, 0.2) is 47.2 Å². The van der Waals surface area contributed by atoms with Crippen molar-refractivity contribution < 1.29 is 9.59 Å². The summed E-state index contributed by atoms with van der Waals surface area (Å²) in [6.07, 6.45) is 3.57. The van der Waals surface area contributed by atoms with E-state index >= 15 is 0 Å². The van der Waals surface area contributed by atoms with Crippen LogP contribution in [0, 0.1) is 5.92 Å². The smallest absolute Gasteiger partial charge is 0.252 e. The first-order valence-electron chi connectivity index (χ1n) is 9.29. The maximum atomic E-state index is 12.8. The van der Waals surface area contributed by atoms with Crippen molar-refractivity contribution in [3.05, 3.63) is 58.3 Å². The van der Waals surface area contributed by atoms with Gasteiger partial charge in [0.1, 0.15) is 0 Å². The van der Waals surface area contributed by atoms with E-state index in [1.807, 2.05) is 39.9 Å². The van der Waals surface area contributed by atoms with E-state index in [-0.39, 0.29) is 17.9 Å². The number of hydrogen-bond acceptors (Lipinski definition) is 3. The molecule has 2 amide bonds. The van der Waals surface area contributed by atoms with Gasteiger partial charge in [0.05, 0.1) is 0 Å². The Morgan fingerprint density at radius 2 is 2.00 bits per heavy atom. The van der Waals surface area contributed by atoms with Crippen LogP contribution in [0.3, 0.4) is 0 Å². The summed E-state index contributed by atoms with van der Waals surface area (Å²) in [7, 11) is 0. The molecule has 0 spiro atoms. The minimum absolute atomic E-state index is 0.0637. The number of benzene rings is 1. The van der Waals surface area contributed by atoms with Gasteiger partial charge in [-0.2, -0.15) is 11.3 Å². The molecule has 1 atom stereocenters. The lowest BCUT2D eigenvalue weighted by Gasteiger charge is -2.30. The first kappa shape index (κ1) is 18.6. The molecule has 0 bridgehead atoms. The van der Waals surface area contributed by atoms with Crippen LogP contribution >= 0.6 is 11.3 Å². The van der Waals surface area contributed by atoms with Gasteiger partial charge in [-0.05, 0) is 49.1 Å². The zero-order valence-corrected chi connectivity index (χ0v) is 16.0. The van der Waals surface area contributed by atoms with Crippen molar-refractivity contribution in [3.8, 4) is 0 Å². The molecule has 0 saturated heterocycles. The van der Waals surface area contributed by atoms with Crippen LogP contribution in [0.25, 0.3) is 0 Å². The first-order valence-corrected chi connectivity index (χ1v) is 10.2. The molecule has 1 aliphatic carbocycles. The summed E-state index contributed by atoms with van der Waals surface area (Å²) in [5.74, 6) is 0.755. The molecule has 2 aromatic rings. The lowest BCUT2D eigenvalue weighted by molar-refractivity contribution is -0.134. The maximum absolute atomic E-state index is 12.8. The molecule has 5 heteroatoms. The summed E-state index contributed by atoms with van der Waals surface area (Å²) in [5, 5.41) is 6.61. The van der Waals surface area contributed by atoms with Crippen LogP contribution in [0.2, 0.25) is 0 Å². The molecule has 1 fully saturated rings. The van der Waals surface area contributed by atoms with Gasteiger partial charge in [-0.1, -0.05) is 30.3 Å². The van der Waals surface area contributed by atoms with Crippen LogP contribution < -0.4 is 5.32 Å². The fourth-order valence-corrected chi connectivity index (χ4v) is 3.79. The molecular weight excluding hydrogens is 344 g/mol. The number of nitrogens with zero attached hydrogens (tertiary/aromatic N) is 1. The standard InChI is InChI=1S/C21H26N2O2S/c1-16(18-9-10-18)23(14-17-6-3-2-4-7-17)20(24)8-5-12-22-21(25)19-11-13-26-15-19/h2-4,6-7,11,13,15-16,18H,5,8-10,12,14H2,1H3,(H,22,25). The Morgan fingerprint density at radius 1 is 1.23 bits per heavy atom. The molecule has 138 valence electrons. The van der Waals surface area contributed by atoms with Crippen molar-refractivity contribution in [1.82, 2.24) is 10.2 Å². The Morgan fingerprint density at radius 3 is 2.65 bits per heavy atom. The summed E-state index contributed by atoms with van der Waals surface area (Å²) in [6.45, 7) is 3.35. The lowest BCUT2D eigenvalue weighted by atomic mass is 10.1. The molecule has 1 aromatic heterocycles. The van der Waals surface area contributed by atoms with Crippen molar-refractivity contribution in [3.63, 3.8) is 0 Å². The lowest BCUT2D eigenvalue weighted by Crippen LogP contribution is -2.39. The third-order valence-corrected chi connectivity index (χ3v) is 5.63. The molecule has 4 nitrogen and oxygen atoms in total. The van der Waals surface area contributed by atoms with Crippen LogP contribution in [-0.4, -0.2) is 29.3 Å². The molecule has 1 saturated carbocycles. The Labute approximate surface area is 159 Å². The minimum atomic E-state index is -0.0637. The third-order valence-electron chi connectivity index (χ3n) is 4.95. The second-order valence-electron chi connectivity index (χ2n) is 6.96. The van der Waals surface area contributed by atoms with Crippen LogP contribution in [0.5, 0.6) is 0 Å². The van der Waals surface area contributed by atoms with E-state index in [0.717, 1.165) is 0 Å². The largest absolute Gasteiger partial charge is 0.352 e. The fourth-order valence-electron chi connectivity index (χ4n) is 3.15. The monoisotopic (exact) mass is 370 g/mol. The highest BCUT2D eigenvalue weighted by Crippen LogP contribution is 2.36. The summed E-state index contributed by atoms with van der Waals surface area (Å²) < 4.78 is 0. The van der Waals surface area contributed by atoms with Crippen molar-refractivity contribution >= 4 is 23.2 Å².